The molecule has 0 atom stereocenters. The zero-order chi connectivity index (χ0) is 17.6. The number of nitrogens with one attached hydrogen (secondary N) is 1. The van der Waals surface area contributed by atoms with Gasteiger partial charge in [-0.25, -0.2) is 4.79 Å². The van der Waals surface area contributed by atoms with Crippen LogP contribution < -0.4 is 22.3 Å². The predicted molar refractivity (Wildman–Crippen MR) is 91.5 cm³/mol. The normalized spacial score (nSPS) is 14.9. The molecule has 140 valence electrons. The molecule has 0 aromatic carbocycles. The van der Waals surface area contributed by atoms with E-state index >= 15 is 0 Å². The summed E-state index contributed by atoms with van der Waals surface area (Å²) < 4.78 is 5.32. The van der Waals surface area contributed by atoms with Crippen LogP contribution >= 0.6 is 0 Å². The van der Waals surface area contributed by atoms with Gasteiger partial charge >= 0.3 is 6.09 Å². The number of piperazine rings is 1. The number of nitrogens with zero attached hydrogens (tertiary/aromatic N) is 2. The Balaban J connectivity index is 0.00000529. The number of hydrogen-bond acceptors (Lipinski definition) is 4. The molecule has 0 aromatic rings. The molecule has 1 N–H and O–H groups in total. The maximum atomic E-state index is 12.1. The molecule has 0 aromatic heterocycles. The van der Waals surface area contributed by atoms with Gasteiger partial charge < -0.3 is 36.8 Å². The number of rotatable bonds is 4. The minimum absolute atomic E-state index is 0. The lowest BCUT2D eigenvalue weighted by atomic mass is 10.2. The molecule has 9 heteroatoms. The second kappa shape index (κ2) is 10.1. The van der Waals surface area contributed by atoms with Crippen molar-refractivity contribution in [1.29, 1.82) is 0 Å². The van der Waals surface area contributed by atoms with Crippen molar-refractivity contribution in [3.8, 4) is 0 Å². The summed E-state index contributed by atoms with van der Waals surface area (Å²) >= 11 is 0. The highest BCUT2D eigenvalue weighted by molar-refractivity contribution is 7.96. The standard InChI is InChI=1S/C15H27N3O4S.BrH/c1-15(2,3)22-14(21)18-8-6-17(7-9-18)13(20)10-16-12(19)11-23(4)5;/h6-11H2,1-5H3;1H. The lowest BCUT2D eigenvalue weighted by molar-refractivity contribution is -0.133. The summed E-state index contributed by atoms with van der Waals surface area (Å²) in [7, 11) is 0.0213. The number of ether oxygens (including phenoxy) is 1. The van der Waals surface area contributed by atoms with E-state index in [0.29, 0.717) is 31.9 Å². The van der Waals surface area contributed by atoms with Gasteiger partial charge in [0.2, 0.25) is 5.91 Å². The Labute approximate surface area is 157 Å². The molecule has 1 saturated heterocycles. The Morgan fingerprint density at radius 1 is 1.04 bits per heavy atom. The molecule has 3 amide bonds. The van der Waals surface area contributed by atoms with Gasteiger partial charge in [0.05, 0.1) is 19.1 Å². The molecular formula is C15H28BrN3O4S. The lowest BCUT2D eigenvalue weighted by Crippen LogP contribution is -3.00. The van der Waals surface area contributed by atoms with Gasteiger partial charge in [0.15, 0.2) is 5.75 Å². The largest absolute Gasteiger partial charge is 1.00 e. The SMILES string of the molecule is C[S+](C)CC(=O)NCC(=O)N1CCN(C(=O)OC(C)(C)C)CC1.[Br-]. The molecule has 7 nitrogen and oxygen atoms in total. The summed E-state index contributed by atoms with van der Waals surface area (Å²) in [5.41, 5.74) is -0.522. The van der Waals surface area contributed by atoms with E-state index in [1.807, 2.05) is 33.3 Å². The first-order valence-electron chi connectivity index (χ1n) is 7.65. The first-order valence-corrected chi connectivity index (χ1v) is 9.86. The molecule has 1 fully saturated rings. The minimum Gasteiger partial charge on any atom is -1.00 e. The monoisotopic (exact) mass is 425 g/mol. The van der Waals surface area contributed by atoms with Gasteiger partial charge in [-0.3, -0.25) is 9.59 Å². The van der Waals surface area contributed by atoms with Crippen LogP contribution in [0.3, 0.4) is 0 Å². The van der Waals surface area contributed by atoms with Crippen molar-refractivity contribution >= 4 is 28.8 Å². The van der Waals surface area contributed by atoms with Crippen LogP contribution in [0.2, 0.25) is 0 Å². The first kappa shape index (κ1) is 23.0. The van der Waals surface area contributed by atoms with Gasteiger partial charge in [0.1, 0.15) is 5.60 Å². The van der Waals surface area contributed by atoms with E-state index in [-0.39, 0.29) is 52.3 Å². The summed E-state index contributed by atoms with van der Waals surface area (Å²) in [6.07, 6.45) is 3.62. The zero-order valence-electron chi connectivity index (χ0n) is 15.1. The Bertz CT molecular complexity index is 446. The van der Waals surface area contributed by atoms with Crippen LogP contribution in [-0.4, -0.2) is 84.3 Å². The number of halogens is 1. The van der Waals surface area contributed by atoms with Crippen molar-refractivity contribution in [3.63, 3.8) is 0 Å². The third-order valence-corrected chi connectivity index (χ3v) is 3.98. The molecule has 0 bridgehead atoms. The van der Waals surface area contributed by atoms with E-state index in [1.54, 1.807) is 9.80 Å². The van der Waals surface area contributed by atoms with Gasteiger partial charge in [0.25, 0.3) is 5.91 Å². The molecular weight excluding hydrogens is 398 g/mol. The fourth-order valence-electron chi connectivity index (χ4n) is 2.06. The zero-order valence-corrected chi connectivity index (χ0v) is 17.5. The van der Waals surface area contributed by atoms with E-state index in [2.05, 4.69) is 5.32 Å². The van der Waals surface area contributed by atoms with Gasteiger partial charge in [-0.05, 0) is 31.7 Å². The summed E-state index contributed by atoms with van der Waals surface area (Å²) in [5, 5.41) is 2.65. The number of amides is 3. The van der Waals surface area contributed by atoms with Crippen LogP contribution in [0.5, 0.6) is 0 Å². The topological polar surface area (TPSA) is 79.0 Å². The van der Waals surface area contributed by atoms with Gasteiger partial charge in [0, 0.05) is 26.2 Å². The van der Waals surface area contributed by atoms with Crippen LogP contribution in [0.25, 0.3) is 0 Å². The van der Waals surface area contributed by atoms with Gasteiger partial charge in [-0.1, -0.05) is 0 Å². The van der Waals surface area contributed by atoms with Crippen molar-refractivity contribution in [2.45, 2.75) is 26.4 Å². The molecule has 0 unspecified atom stereocenters. The Kier molecular flexibility index (Phi) is 9.72. The highest BCUT2D eigenvalue weighted by atomic mass is 79.9. The summed E-state index contributed by atoms with van der Waals surface area (Å²) in [6.45, 7) is 7.30. The average Bonchev–Trinajstić information content (AvgIpc) is 2.42. The summed E-state index contributed by atoms with van der Waals surface area (Å²) in [6, 6.07) is 0. The Hall–Kier alpha value is -0.960. The lowest BCUT2D eigenvalue weighted by Gasteiger charge is -2.35. The fraction of sp³-hybridized carbons (Fsp3) is 0.800. The van der Waals surface area contributed by atoms with Gasteiger partial charge in [-0.15, -0.1) is 0 Å². The maximum Gasteiger partial charge on any atom is 0.410 e. The second-order valence-electron chi connectivity index (χ2n) is 6.75. The maximum absolute atomic E-state index is 12.1. The third-order valence-electron chi connectivity index (χ3n) is 3.14. The molecule has 1 aliphatic heterocycles. The molecule has 24 heavy (non-hydrogen) atoms. The number of hydrogen-bond donors (Lipinski definition) is 1. The highest BCUT2D eigenvalue weighted by Crippen LogP contribution is 2.11. The van der Waals surface area contributed by atoms with E-state index in [1.165, 1.54) is 0 Å². The van der Waals surface area contributed by atoms with Crippen LogP contribution in [0.15, 0.2) is 0 Å². The summed E-state index contributed by atoms with van der Waals surface area (Å²) in [4.78, 5) is 38.9. The third kappa shape index (κ3) is 8.77. The summed E-state index contributed by atoms with van der Waals surface area (Å²) in [5.74, 6) is 0.230. The smallest absolute Gasteiger partial charge is 0.410 e. The predicted octanol–water partition coefficient (Wildman–Crippen LogP) is -2.94. The van der Waals surface area contributed by atoms with Crippen molar-refractivity contribution in [2.24, 2.45) is 0 Å². The Morgan fingerprint density at radius 2 is 1.54 bits per heavy atom. The molecule has 1 rings (SSSR count). The highest BCUT2D eigenvalue weighted by Gasteiger charge is 2.27. The number of carbonyl (C=O) groups excluding carboxylic acids is 3. The quantitative estimate of drug-likeness (QED) is 0.489. The van der Waals surface area contributed by atoms with Crippen molar-refractivity contribution in [3.05, 3.63) is 0 Å². The van der Waals surface area contributed by atoms with Crippen LogP contribution in [-0.2, 0) is 25.2 Å². The van der Waals surface area contributed by atoms with E-state index in [9.17, 15) is 14.4 Å². The van der Waals surface area contributed by atoms with E-state index in [0.717, 1.165) is 0 Å². The molecule has 1 aliphatic rings. The van der Waals surface area contributed by atoms with Crippen LogP contribution in [0.4, 0.5) is 4.79 Å². The minimum atomic E-state index is -0.522. The molecule has 0 radical (unpaired) electrons. The molecule has 0 aliphatic carbocycles. The molecule has 0 spiro atoms. The number of carbonyl (C=O) groups is 3. The van der Waals surface area contributed by atoms with Crippen molar-refractivity contribution in [2.75, 3.05) is 51.0 Å². The fourth-order valence-corrected chi connectivity index (χ4v) is 2.69. The van der Waals surface area contributed by atoms with Crippen LogP contribution in [0.1, 0.15) is 20.8 Å². The second-order valence-corrected chi connectivity index (χ2v) is 9.01. The average molecular weight is 426 g/mol. The first-order chi connectivity index (χ1) is 10.6. The van der Waals surface area contributed by atoms with E-state index in [4.69, 9.17) is 4.74 Å². The van der Waals surface area contributed by atoms with Gasteiger partial charge in [-0.2, -0.15) is 0 Å². The van der Waals surface area contributed by atoms with Crippen molar-refractivity contribution < 1.29 is 36.1 Å². The molecule has 0 saturated carbocycles. The van der Waals surface area contributed by atoms with Crippen molar-refractivity contribution in [1.82, 2.24) is 15.1 Å². The Morgan fingerprint density at radius 3 is 2.00 bits per heavy atom. The van der Waals surface area contributed by atoms with E-state index < -0.39 is 5.60 Å². The molecule has 1 heterocycles. The van der Waals surface area contributed by atoms with Crippen LogP contribution in [0, 0.1) is 0 Å².